The van der Waals surface area contributed by atoms with E-state index in [0.717, 1.165) is 5.56 Å². The highest BCUT2D eigenvalue weighted by Gasteiger charge is 2.17. The van der Waals surface area contributed by atoms with Crippen LogP contribution in [0.5, 0.6) is 5.75 Å². The molecule has 3 aromatic rings. The summed E-state index contributed by atoms with van der Waals surface area (Å²) in [6.07, 6.45) is 1.58. The monoisotopic (exact) mass is 315 g/mol. The summed E-state index contributed by atoms with van der Waals surface area (Å²) in [5, 5.41) is 27.9. The Morgan fingerprint density at radius 3 is 2.73 bits per heavy atom. The maximum Gasteiger partial charge on any atom is 0.311 e. The van der Waals surface area contributed by atoms with Gasteiger partial charge in [-0.25, -0.2) is 0 Å². The zero-order valence-electron chi connectivity index (χ0n) is 11.2. The SMILES string of the molecule is O=[N+]([O-])c1cc(-c2cn[nH]c2-c2cccc(Cl)c2)ccc1O. The van der Waals surface area contributed by atoms with E-state index in [4.69, 9.17) is 11.6 Å². The number of hydrogen-bond donors (Lipinski definition) is 2. The number of rotatable bonds is 3. The van der Waals surface area contributed by atoms with Crippen LogP contribution in [-0.4, -0.2) is 20.2 Å². The summed E-state index contributed by atoms with van der Waals surface area (Å²) in [7, 11) is 0. The molecular weight excluding hydrogens is 306 g/mol. The molecule has 2 aromatic carbocycles. The molecule has 0 atom stereocenters. The van der Waals surface area contributed by atoms with E-state index < -0.39 is 4.92 Å². The minimum atomic E-state index is -0.627. The summed E-state index contributed by atoms with van der Waals surface area (Å²) >= 11 is 5.99. The highest BCUT2D eigenvalue weighted by Crippen LogP contribution is 2.35. The fourth-order valence-corrected chi connectivity index (χ4v) is 2.40. The molecule has 0 saturated heterocycles. The molecule has 1 heterocycles. The number of nitro groups is 1. The summed E-state index contributed by atoms with van der Waals surface area (Å²) in [5.41, 5.74) is 2.42. The third kappa shape index (κ3) is 2.51. The third-order valence-corrected chi connectivity index (χ3v) is 3.47. The van der Waals surface area contributed by atoms with Crippen LogP contribution in [0.25, 0.3) is 22.4 Å². The number of benzene rings is 2. The quantitative estimate of drug-likeness (QED) is 0.564. The van der Waals surface area contributed by atoms with E-state index in [2.05, 4.69) is 10.2 Å². The van der Waals surface area contributed by atoms with E-state index in [9.17, 15) is 15.2 Å². The number of H-pyrrole nitrogens is 1. The lowest BCUT2D eigenvalue weighted by Crippen LogP contribution is -1.90. The van der Waals surface area contributed by atoms with Crippen molar-refractivity contribution in [3.8, 4) is 28.1 Å². The summed E-state index contributed by atoms with van der Waals surface area (Å²) in [6.45, 7) is 0. The predicted molar refractivity (Wildman–Crippen MR) is 82.8 cm³/mol. The second-order valence-electron chi connectivity index (χ2n) is 4.63. The van der Waals surface area contributed by atoms with Gasteiger partial charge in [0.15, 0.2) is 5.75 Å². The van der Waals surface area contributed by atoms with Gasteiger partial charge in [0.2, 0.25) is 0 Å². The second-order valence-corrected chi connectivity index (χ2v) is 5.07. The molecule has 7 heteroatoms. The average Bonchev–Trinajstić information content (AvgIpc) is 2.97. The molecule has 22 heavy (non-hydrogen) atoms. The number of halogens is 1. The fraction of sp³-hybridized carbons (Fsp3) is 0. The van der Waals surface area contributed by atoms with Crippen LogP contribution >= 0.6 is 11.6 Å². The molecule has 0 spiro atoms. The summed E-state index contributed by atoms with van der Waals surface area (Å²) in [5.74, 6) is -0.374. The zero-order valence-corrected chi connectivity index (χ0v) is 11.9. The van der Waals surface area contributed by atoms with Gasteiger partial charge in [-0.1, -0.05) is 29.8 Å². The van der Waals surface area contributed by atoms with E-state index in [-0.39, 0.29) is 11.4 Å². The first kappa shape index (κ1) is 14.1. The number of nitro benzene ring substituents is 1. The van der Waals surface area contributed by atoms with Crippen molar-refractivity contribution in [3.63, 3.8) is 0 Å². The van der Waals surface area contributed by atoms with Crippen LogP contribution in [0.4, 0.5) is 5.69 Å². The molecule has 0 amide bonds. The summed E-state index contributed by atoms with van der Waals surface area (Å²) in [6, 6.07) is 11.4. The standard InChI is InChI=1S/C15H10ClN3O3/c16-11-3-1-2-10(6-11)15-12(8-17-18-15)9-4-5-14(20)13(7-9)19(21)22/h1-8,20H,(H,17,18). The number of aromatic hydroxyl groups is 1. The van der Waals surface area contributed by atoms with E-state index in [1.165, 1.54) is 12.1 Å². The van der Waals surface area contributed by atoms with Crippen LogP contribution in [0.2, 0.25) is 5.02 Å². The highest BCUT2D eigenvalue weighted by atomic mass is 35.5. The summed E-state index contributed by atoms with van der Waals surface area (Å²) in [4.78, 5) is 10.3. The van der Waals surface area contributed by atoms with Gasteiger partial charge < -0.3 is 5.11 Å². The first-order valence-electron chi connectivity index (χ1n) is 6.33. The number of hydrogen-bond acceptors (Lipinski definition) is 4. The lowest BCUT2D eigenvalue weighted by atomic mass is 10.0. The van der Waals surface area contributed by atoms with Gasteiger partial charge in [-0.05, 0) is 23.8 Å². The third-order valence-electron chi connectivity index (χ3n) is 3.24. The molecule has 0 fully saturated rings. The second kappa shape index (κ2) is 5.50. The molecular formula is C15H10ClN3O3. The molecule has 0 aliphatic heterocycles. The van der Waals surface area contributed by atoms with Crippen LogP contribution in [0.3, 0.4) is 0 Å². The lowest BCUT2D eigenvalue weighted by Gasteiger charge is -2.05. The molecule has 0 radical (unpaired) electrons. The molecule has 0 unspecified atom stereocenters. The predicted octanol–water partition coefficient (Wildman–Crippen LogP) is 4.01. The molecule has 110 valence electrons. The Hall–Kier alpha value is -2.86. The van der Waals surface area contributed by atoms with Crippen molar-refractivity contribution in [2.75, 3.05) is 0 Å². The molecule has 2 N–H and O–H groups in total. The Labute approximate surface area is 130 Å². The van der Waals surface area contributed by atoms with Gasteiger partial charge in [-0.3, -0.25) is 15.2 Å². The maximum atomic E-state index is 10.9. The molecule has 1 aromatic heterocycles. The first-order valence-corrected chi connectivity index (χ1v) is 6.71. The van der Waals surface area contributed by atoms with E-state index >= 15 is 0 Å². The van der Waals surface area contributed by atoms with Crippen molar-refractivity contribution >= 4 is 17.3 Å². The molecule has 0 aliphatic carbocycles. The smallest absolute Gasteiger partial charge is 0.311 e. The number of aromatic nitrogens is 2. The van der Waals surface area contributed by atoms with Gasteiger partial charge >= 0.3 is 5.69 Å². The van der Waals surface area contributed by atoms with Gasteiger partial charge in [-0.15, -0.1) is 0 Å². The lowest BCUT2D eigenvalue weighted by molar-refractivity contribution is -0.385. The largest absolute Gasteiger partial charge is 0.502 e. The van der Waals surface area contributed by atoms with Gasteiger partial charge in [0.1, 0.15) is 0 Å². The normalized spacial score (nSPS) is 10.6. The van der Waals surface area contributed by atoms with Crippen molar-refractivity contribution in [2.45, 2.75) is 0 Å². The van der Waals surface area contributed by atoms with Crippen molar-refractivity contribution in [3.05, 3.63) is 63.8 Å². The van der Waals surface area contributed by atoms with E-state index in [1.807, 2.05) is 12.1 Å². The van der Waals surface area contributed by atoms with Gasteiger partial charge in [0.25, 0.3) is 0 Å². The minimum absolute atomic E-state index is 0.351. The number of phenolic OH excluding ortho intramolecular Hbond substituents is 1. The Kier molecular flexibility index (Phi) is 3.52. The van der Waals surface area contributed by atoms with Crippen molar-refractivity contribution in [2.24, 2.45) is 0 Å². The van der Waals surface area contributed by atoms with Crippen LogP contribution in [-0.2, 0) is 0 Å². The van der Waals surface area contributed by atoms with Gasteiger partial charge in [0.05, 0.1) is 16.8 Å². The number of nitrogens with one attached hydrogen (secondary N) is 1. The highest BCUT2D eigenvalue weighted by molar-refractivity contribution is 6.30. The summed E-state index contributed by atoms with van der Waals surface area (Å²) < 4.78 is 0. The molecule has 0 bridgehead atoms. The Bertz CT molecular complexity index is 861. The minimum Gasteiger partial charge on any atom is -0.502 e. The van der Waals surface area contributed by atoms with Crippen LogP contribution in [0, 0.1) is 10.1 Å². The average molecular weight is 316 g/mol. The Morgan fingerprint density at radius 1 is 1.18 bits per heavy atom. The maximum absolute atomic E-state index is 10.9. The molecule has 3 rings (SSSR count). The van der Waals surface area contributed by atoms with Crippen molar-refractivity contribution in [1.82, 2.24) is 10.2 Å². The van der Waals surface area contributed by atoms with Gasteiger partial charge in [-0.2, -0.15) is 5.10 Å². The first-order chi connectivity index (χ1) is 10.6. The van der Waals surface area contributed by atoms with E-state index in [0.29, 0.717) is 21.8 Å². The number of nitrogens with zero attached hydrogens (tertiary/aromatic N) is 2. The van der Waals surface area contributed by atoms with Crippen LogP contribution < -0.4 is 0 Å². The van der Waals surface area contributed by atoms with Gasteiger partial charge in [0, 0.05) is 22.2 Å². The number of phenols is 1. The fourth-order valence-electron chi connectivity index (χ4n) is 2.21. The number of aromatic amines is 1. The Morgan fingerprint density at radius 2 is 2.00 bits per heavy atom. The van der Waals surface area contributed by atoms with Crippen molar-refractivity contribution in [1.29, 1.82) is 0 Å². The Balaban J connectivity index is 2.13. The van der Waals surface area contributed by atoms with Crippen LogP contribution in [0.15, 0.2) is 48.7 Å². The van der Waals surface area contributed by atoms with Crippen LogP contribution in [0.1, 0.15) is 0 Å². The molecule has 6 nitrogen and oxygen atoms in total. The zero-order chi connectivity index (χ0) is 15.7. The van der Waals surface area contributed by atoms with Crippen molar-refractivity contribution < 1.29 is 10.0 Å². The molecule has 0 aliphatic rings. The molecule has 0 saturated carbocycles. The topological polar surface area (TPSA) is 92.0 Å². The van der Waals surface area contributed by atoms with E-state index in [1.54, 1.807) is 24.4 Å².